The summed E-state index contributed by atoms with van der Waals surface area (Å²) < 4.78 is 6.07. The van der Waals surface area contributed by atoms with E-state index in [1.807, 2.05) is 18.2 Å². The molecule has 0 unspecified atom stereocenters. The van der Waals surface area contributed by atoms with E-state index in [-0.39, 0.29) is 47.0 Å². The Balaban J connectivity index is 1.14. The van der Waals surface area contributed by atoms with Gasteiger partial charge in [0.05, 0.1) is 23.1 Å². The summed E-state index contributed by atoms with van der Waals surface area (Å²) in [7, 11) is 0. The van der Waals surface area contributed by atoms with Gasteiger partial charge in [-0.3, -0.25) is 19.3 Å². The van der Waals surface area contributed by atoms with Crippen LogP contribution in [0.3, 0.4) is 0 Å². The average molecular weight is 573 g/mol. The number of fused-ring (bicyclic) bond motifs is 5. The Morgan fingerprint density at radius 3 is 2.39 bits per heavy atom. The Morgan fingerprint density at radius 1 is 0.895 bits per heavy atom. The molecular weight excluding hydrogens is 548 g/mol. The number of benzene rings is 3. The molecule has 3 aromatic rings. The van der Waals surface area contributed by atoms with Crippen LogP contribution in [-0.4, -0.2) is 30.3 Å². The molecule has 38 heavy (non-hydrogen) atoms. The second-order valence-electron chi connectivity index (χ2n) is 10.2. The number of imide groups is 1. The first-order chi connectivity index (χ1) is 18.4. The highest BCUT2D eigenvalue weighted by Crippen LogP contribution is 2.61. The van der Waals surface area contributed by atoms with Crippen LogP contribution in [0.4, 0.5) is 11.4 Å². The van der Waals surface area contributed by atoms with Crippen LogP contribution < -0.4 is 10.2 Å². The van der Waals surface area contributed by atoms with Crippen LogP contribution in [0.25, 0.3) is 0 Å². The molecule has 1 saturated heterocycles. The van der Waals surface area contributed by atoms with Crippen LogP contribution in [0.15, 0.2) is 83.3 Å². The summed E-state index contributed by atoms with van der Waals surface area (Å²) in [5.41, 5.74) is 2.34. The molecule has 3 amide bonds. The Morgan fingerprint density at radius 2 is 1.63 bits per heavy atom. The fourth-order valence-corrected chi connectivity index (χ4v) is 6.78. The minimum atomic E-state index is -0.707. The fourth-order valence-electron chi connectivity index (χ4n) is 6.51. The quantitative estimate of drug-likeness (QED) is 0.325. The second-order valence-corrected chi connectivity index (χ2v) is 11.1. The molecule has 192 valence electrons. The van der Waals surface area contributed by atoms with E-state index in [0.29, 0.717) is 11.4 Å². The molecule has 8 heteroatoms. The summed E-state index contributed by atoms with van der Waals surface area (Å²) >= 11 is 3.33. The van der Waals surface area contributed by atoms with Crippen molar-refractivity contribution in [2.45, 2.75) is 18.8 Å². The van der Waals surface area contributed by atoms with Crippen molar-refractivity contribution in [2.24, 2.45) is 23.7 Å². The third-order valence-electron chi connectivity index (χ3n) is 8.05. The Labute approximate surface area is 228 Å². The van der Waals surface area contributed by atoms with Crippen molar-refractivity contribution in [2.75, 3.05) is 16.8 Å². The van der Waals surface area contributed by atoms with E-state index in [4.69, 9.17) is 4.74 Å². The molecule has 1 N–H and O–H groups in total. The number of carbonyl (C=O) groups is 4. The molecule has 1 heterocycles. The third kappa shape index (κ3) is 4.32. The van der Waals surface area contributed by atoms with Gasteiger partial charge in [-0.15, -0.1) is 0 Å². The van der Waals surface area contributed by atoms with Crippen LogP contribution in [0.5, 0.6) is 0 Å². The van der Waals surface area contributed by atoms with Gasteiger partial charge in [0.15, 0.2) is 6.61 Å². The SMILES string of the molecule is O=C(COC(=O)c1cccc(N2C(=O)[C@@H]3[C@@H]4C[C@@H]([C@H]3C2=O)[C@@H](c2ccccc2)C4)c1)Nc1ccc(Br)cc1. The number of halogens is 1. The molecule has 2 saturated carbocycles. The van der Waals surface area contributed by atoms with Gasteiger partial charge >= 0.3 is 5.97 Å². The van der Waals surface area contributed by atoms with Crippen LogP contribution in [0.2, 0.25) is 0 Å². The van der Waals surface area contributed by atoms with E-state index in [1.54, 1.807) is 42.5 Å². The molecule has 3 aliphatic rings. The van der Waals surface area contributed by atoms with Crippen molar-refractivity contribution in [3.8, 4) is 0 Å². The highest BCUT2D eigenvalue weighted by Gasteiger charge is 2.64. The number of rotatable bonds is 6. The lowest BCUT2D eigenvalue weighted by atomic mass is 9.73. The lowest BCUT2D eigenvalue weighted by molar-refractivity contribution is -0.123. The molecule has 7 nitrogen and oxygen atoms in total. The van der Waals surface area contributed by atoms with Crippen LogP contribution in [-0.2, 0) is 19.1 Å². The number of nitrogens with zero attached hydrogens (tertiary/aromatic N) is 1. The maximum atomic E-state index is 13.6. The van der Waals surface area contributed by atoms with Crippen molar-refractivity contribution in [3.63, 3.8) is 0 Å². The van der Waals surface area contributed by atoms with E-state index < -0.39 is 18.5 Å². The van der Waals surface area contributed by atoms with Crippen molar-refractivity contribution >= 4 is 51.0 Å². The lowest BCUT2D eigenvalue weighted by Gasteiger charge is -2.28. The van der Waals surface area contributed by atoms with Gasteiger partial charge in [0.2, 0.25) is 11.8 Å². The zero-order valence-corrected chi connectivity index (χ0v) is 22.0. The first-order valence-corrected chi connectivity index (χ1v) is 13.5. The summed E-state index contributed by atoms with van der Waals surface area (Å²) in [6.07, 6.45) is 1.81. The standard InChI is InChI=1S/C30H25BrN2O5/c31-20-9-11-21(12-10-20)32-25(34)16-38-30(37)18-7-4-8-22(13-18)33-28(35)26-19-14-23(17-5-2-1-3-6-17)24(15-19)27(26)29(33)36/h1-13,19,23-24,26-27H,14-16H2,(H,32,34)/t19-,23+,24+,26+,27+/m0/s1. The second kappa shape index (κ2) is 9.83. The van der Waals surface area contributed by atoms with Gasteiger partial charge in [-0.25, -0.2) is 4.79 Å². The largest absolute Gasteiger partial charge is 0.452 e. The zero-order chi connectivity index (χ0) is 26.4. The Kier molecular flexibility index (Phi) is 6.35. The van der Waals surface area contributed by atoms with E-state index >= 15 is 0 Å². The van der Waals surface area contributed by atoms with E-state index in [2.05, 4.69) is 33.4 Å². The highest BCUT2D eigenvalue weighted by molar-refractivity contribution is 9.10. The Hall–Kier alpha value is -3.78. The molecule has 0 aromatic heterocycles. The number of ether oxygens (including phenoxy) is 1. The molecule has 3 fully saturated rings. The molecule has 0 spiro atoms. The fraction of sp³-hybridized carbons (Fsp3) is 0.267. The van der Waals surface area contributed by atoms with Crippen LogP contribution in [0.1, 0.15) is 34.7 Å². The number of hydrogen-bond donors (Lipinski definition) is 1. The zero-order valence-electron chi connectivity index (χ0n) is 20.4. The summed E-state index contributed by atoms with van der Waals surface area (Å²) in [6, 6.07) is 23.5. The maximum Gasteiger partial charge on any atom is 0.338 e. The highest BCUT2D eigenvalue weighted by atomic mass is 79.9. The lowest BCUT2D eigenvalue weighted by Crippen LogP contribution is -2.33. The van der Waals surface area contributed by atoms with E-state index in [0.717, 1.165) is 17.3 Å². The minimum Gasteiger partial charge on any atom is -0.452 e. The predicted molar refractivity (Wildman–Crippen MR) is 144 cm³/mol. The van der Waals surface area contributed by atoms with Gasteiger partial charge in [0.1, 0.15) is 0 Å². The van der Waals surface area contributed by atoms with Gasteiger partial charge in [0, 0.05) is 10.2 Å². The number of carbonyl (C=O) groups excluding carboxylic acids is 4. The summed E-state index contributed by atoms with van der Waals surface area (Å²) in [6.45, 7) is -0.463. The molecule has 6 rings (SSSR count). The summed E-state index contributed by atoms with van der Waals surface area (Å²) in [5.74, 6) is -1.57. The third-order valence-corrected chi connectivity index (χ3v) is 8.57. The normalized spacial score (nSPS) is 25.4. The first-order valence-electron chi connectivity index (χ1n) is 12.7. The average Bonchev–Trinajstić information content (AvgIpc) is 3.60. The molecule has 5 atom stereocenters. The first kappa shape index (κ1) is 24.6. The Bertz CT molecular complexity index is 1420. The molecule has 2 bridgehead atoms. The van der Waals surface area contributed by atoms with Gasteiger partial charge in [-0.2, -0.15) is 0 Å². The number of hydrogen-bond acceptors (Lipinski definition) is 5. The smallest absolute Gasteiger partial charge is 0.338 e. The van der Waals surface area contributed by atoms with E-state index in [9.17, 15) is 19.2 Å². The van der Waals surface area contributed by atoms with Gasteiger partial charge in [0.25, 0.3) is 5.91 Å². The number of amides is 3. The van der Waals surface area contributed by atoms with Crippen molar-refractivity contribution in [3.05, 3.63) is 94.5 Å². The van der Waals surface area contributed by atoms with Crippen molar-refractivity contribution in [1.82, 2.24) is 0 Å². The molecule has 2 aliphatic carbocycles. The minimum absolute atomic E-state index is 0.145. The molecular formula is C30H25BrN2O5. The van der Waals surface area contributed by atoms with E-state index in [1.165, 1.54) is 16.5 Å². The van der Waals surface area contributed by atoms with Gasteiger partial charge in [-0.1, -0.05) is 52.3 Å². The maximum absolute atomic E-state index is 13.6. The molecule has 3 aromatic carbocycles. The van der Waals surface area contributed by atoms with Crippen LogP contribution in [0, 0.1) is 23.7 Å². The monoisotopic (exact) mass is 572 g/mol. The molecule has 1 aliphatic heterocycles. The summed E-state index contributed by atoms with van der Waals surface area (Å²) in [4.78, 5) is 53.2. The number of esters is 1. The number of anilines is 2. The van der Waals surface area contributed by atoms with Crippen molar-refractivity contribution in [1.29, 1.82) is 0 Å². The predicted octanol–water partition coefficient (Wildman–Crippen LogP) is 5.17. The molecule has 0 radical (unpaired) electrons. The van der Waals surface area contributed by atoms with Gasteiger partial charge < -0.3 is 10.1 Å². The topological polar surface area (TPSA) is 92.8 Å². The van der Waals surface area contributed by atoms with Crippen LogP contribution >= 0.6 is 15.9 Å². The number of nitrogens with one attached hydrogen (secondary N) is 1. The van der Waals surface area contributed by atoms with Crippen molar-refractivity contribution < 1.29 is 23.9 Å². The summed E-state index contributed by atoms with van der Waals surface area (Å²) in [5, 5.41) is 2.66. The van der Waals surface area contributed by atoms with Gasteiger partial charge in [-0.05, 0) is 78.6 Å².